The quantitative estimate of drug-likeness (QED) is 0.481. The molecule has 162 valence electrons. The second kappa shape index (κ2) is 8.75. The Hall–Kier alpha value is -3.80. The zero-order valence-corrected chi connectivity index (χ0v) is 17.7. The van der Waals surface area contributed by atoms with Gasteiger partial charge >= 0.3 is 0 Å². The molecule has 0 aliphatic carbocycles. The lowest BCUT2D eigenvalue weighted by Crippen LogP contribution is -2.46. The van der Waals surface area contributed by atoms with Crippen LogP contribution in [0, 0.1) is 0 Å². The lowest BCUT2D eigenvalue weighted by atomic mass is 9.91. The number of amides is 2. The van der Waals surface area contributed by atoms with Gasteiger partial charge in [0.2, 0.25) is 5.91 Å². The maximum Gasteiger partial charge on any atom is 0.290 e. The Morgan fingerprint density at radius 2 is 1.88 bits per heavy atom. The van der Waals surface area contributed by atoms with Gasteiger partial charge in [0.1, 0.15) is 6.04 Å². The summed E-state index contributed by atoms with van der Waals surface area (Å²) in [5.74, 6) is -0.0929. The van der Waals surface area contributed by atoms with E-state index in [1.165, 1.54) is 6.26 Å². The highest BCUT2D eigenvalue weighted by Crippen LogP contribution is 2.30. The first-order valence-electron chi connectivity index (χ1n) is 11.0. The number of nitrogens with one attached hydrogen (secondary N) is 2. The monoisotopic (exact) mass is 427 g/mol. The normalized spacial score (nSPS) is 16.9. The number of carbonyl (C=O) groups is 2. The SMILES string of the molecule is O=C(NC[C@@H](c1ccccc1)c1c[nH]c2ccccc12)[C@H]1CCCN1C(=O)c1ccco1. The summed E-state index contributed by atoms with van der Waals surface area (Å²) in [6.45, 7) is 1.01. The van der Waals surface area contributed by atoms with Crippen LogP contribution in [-0.2, 0) is 4.79 Å². The van der Waals surface area contributed by atoms with E-state index < -0.39 is 6.04 Å². The number of aromatic amines is 1. The van der Waals surface area contributed by atoms with Crippen LogP contribution in [-0.4, -0.2) is 40.8 Å². The molecule has 0 saturated carbocycles. The van der Waals surface area contributed by atoms with E-state index in [1.54, 1.807) is 17.0 Å². The summed E-state index contributed by atoms with van der Waals surface area (Å²) in [5, 5.41) is 4.27. The van der Waals surface area contributed by atoms with E-state index in [9.17, 15) is 9.59 Å². The summed E-state index contributed by atoms with van der Waals surface area (Å²) >= 11 is 0. The Kier molecular flexibility index (Phi) is 5.50. The first-order valence-corrected chi connectivity index (χ1v) is 11.0. The summed E-state index contributed by atoms with van der Waals surface area (Å²) in [5.41, 5.74) is 3.34. The van der Waals surface area contributed by atoms with Crippen molar-refractivity contribution in [3.8, 4) is 0 Å². The molecule has 3 heterocycles. The molecule has 1 aliphatic rings. The van der Waals surface area contributed by atoms with Crippen molar-refractivity contribution in [3.05, 3.63) is 96.1 Å². The van der Waals surface area contributed by atoms with E-state index in [1.807, 2.05) is 36.5 Å². The van der Waals surface area contributed by atoms with Gasteiger partial charge in [-0.3, -0.25) is 9.59 Å². The van der Waals surface area contributed by atoms with E-state index in [4.69, 9.17) is 4.42 Å². The Bertz CT molecular complexity index is 1210. The van der Waals surface area contributed by atoms with E-state index in [0.717, 1.165) is 28.5 Å². The molecule has 0 radical (unpaired) electrons. The van der Waals surface area contributed by atoms with Crippen LogP contribution in [0.4, 0.5) is 0 Å². The molecule has 5 rings (SSSR count). The summed E-state index contributed by atoms with van der Waals surface area (Å²) < 4.78 is 5.26. The number of likely N-dealkylation sites (tertiary alicyclic amines) is 1. The number of hydrogen-bond acceptors (Lipinski definition) is 3. The highest BCUT2D eigenvalue weighted by Gasteiger charge is 2.35. The molecule has 2 N–H and O–H groups in total. The third kappa shape index (κ3) is 3.80. The maximum absolute atomic E-state index is 13.2. The van der Waals surface area contributed by atoms with Crippen LogP contribution in [0.25, 0.3) is 10.9 Å². The molecule has 4 aromatic rings. The molecule has 6 nitrogen and oxygen atoms in total. The highest BCUT2D eigenvalue weighted by molar-refractivity contribution is 5.96. The number of carbonyl (C=O) groups excluding carboxylic acids is 2. The van der Waals surface area contributed by atoms with Crippen molar-refractivity contribution < 1.29 is 14.0 Å². The van der Waals surface area contributed by atoms with Crippen LogP contribution in [0.3, 0.4) is 0 Å². The molecule has 1 saturated heterocycles. The Balaban J connectivity index is 1.36. The van der Waals surface area contributed by atoms with Crippen molar-refractivity contribution in [2.45, 2.75) is 24.8 Å². The van der Waals surface area contributed by atoms with Crippen molar-refractivity contribution in [1.82, 2.24) is 15.2 Å². The predicted molar refractivity (Wildman–Crippen MR) is 122 cm³/mol. The van der Waals surface area contributed by atoms with Crippen molar-refractivity contribution >= 4 is 22.7 Å². The van der Waals surface area contributed by atoms with Gasteiger partial charge in [0, 0.05) is 36.1 Å². The number of para-hydroxylation sites is 1. The topological polar surface area (TPSA) is 78.3 Å². The minimum Gasteiger partial charge on any atom is -0.459 e. The zero-order chi connectivity index (χ0) is 21.9. The second-order valence-electron chi connectivity index (χ2n) is 8.13. The average Bonchev–Trinajstić information content (AvgIpc) is 3.60. The minimum absolute atomic E-state index is 0.00747. The van der Waals surface area contributed by atoms with Gasteiger partial charge in [0.15, 0.2) is 5.76 Å². The molecular formula is C26H25N3O3. The Morgan fingerprint density at radius 1 is 1.06 bits per heavy atom. The van der Waals surface area contributed by atoms with Gasteiger partial charge in [-0.05, 0) is 42.2 Å². The van der Waals surface area contributed by atoms with Gasteiger partial charge in [-0.15, -0.1) is 0 Å². The fourth-order valence-electron chi connectivity index (χ4n) is 4.62. The first kappa shape index (κ1) is 20.1. The molecule has 2 aromatic carbocycles. The summed E-state index contributed by atoms with van der Waals surface area (Å²) in [6, 6.07) is 21.2. The van der Waals surface area contributed by atoms with Crippen LogP contribution in [0.5, 0.6) is 0 Å². The van der Waals surface area contributed by atoms with Crippen molar-refractivity contribution in [1.29, 1.82) is 0 Å². The van der Waals surface area contributed by atoms with E-state index >= 15 is 0 Å². The number of nitrogens with zero attached hydrogens (tertiary/aromatic N) is 1. The second-order valence-corrected chi connectivity index (χ2v) is 8.13. The molecule has 2 atom stereocenters. The third-order valence-electron chi connectivity index (χ3n) is 6.23. The fourth-order valence-corrected chi connectivity index (χ4v) is 4.62. The Labute approximate surface area is 186 Å². The molecule has 32 heavy (non-hydrogen) atoms. The summed E-state index contributed by atoms with van der Waals surface area (Å²) in [7, 11) is 0. The molecule has 2 aromatic heterocycles. The molecule has 1 aliphatic heterocycles. The van der Waals surface area contributed by atoms with Crippen LogP contribution >= 0.6 is 0 Å². The third-order valence-corrected chi connectivity index (χ3v) is 6.23. The summed E-state index contributed by atoms with van der Waals surface area (Å²) in [6.07, 6.45) is 4.96. The van der Waals surface area contributed by atoms with Crippen molar-refractivity contribution in [2.75, 3.05) is 13.1 Å². The van der Waals surface area contributed by atoms with E-state index in [0.29, 0.717) is 19.5 Å². The van der Waals surface area contributed by atoms with Crippen LogP contribution in [0.1, 0.15) is 40.4 Å². The number of fused-ring (bicyclic) bond motifs is 1. The summed E-state index contributed by atoms with van der Waals surface area (Å²) in [4.78, 5) is 30.9. The first-order chi connectivity index (χ1) is 15.7. The van der Waals surface area contributed by atoms with Gasteiger partial charge < -0.3 is 19.6 Å². The number of rotatable bonds is 6. The molecule has 0 unspecified atom stereocenters. The standard InChI is InChI=1S/C26H25N3O3/c30-25(23-12-6-14-29(23)26(31)24-13-7-15-32-24)28-16-20(18-8-2-1-3-9-18)21-17-27-22-11-5-4-10-19(21)22/h1-5,7-11,13,15,17,20,23,27H,6,12,14,16H2,(H,28,30)/t20-,23+/m0/s1. The van der Waals surface area contributed by atoms with Gasteiger partial charge in [-0.1, -0.05) is 48.5 Å². The van der Waals surface area contributed by atoms with Crippen LogP contribution in [0.15, 0.2) is 83.6 Å². The van der Waals surface area contributed by atoms with Crippen molar-refractivity contribution in [2.24, 2.45) is 0 Å². The fraction of sp³-hybridized carbons (Fsp3) is 0.231. The number of H-pyrrole nitrogens is 1. The maximum atomic E-state index is 13.2. The molecule has 2 amide bonds. The lowest BCUT2D eigenvalue weighted by molar-refractivity contribution is -0.124. The van der Waals surface area contributed by atoms with Gasteiger partial charge in [-0.25, -0.2) is 0 Å². The van der Waals surface area contributed by atoms with E-state index in [-0.39, 0.29) is 23.5 Å². The minimum atomic E-state index is -0.480. The molecule has 0 bridgehead atoms. The predicted octanol–water partition coefficient (Wildman–Crippen LogP) is 4.31. The van der Waals surface area contributed by atoms with Crippen LogP contribution < -0.4 is 5.32 Å². The number of benzene rings is 2. The average molecular weight is 428 g/mol. The number of hydrogen-bond donors (Lipinski definition) is 2. The van der Waals surface area contributed by atoms with E-state index in [2.05, 4.69) is 34.6 Å². The Morgan fingerprint density at radius 3 is 2.69 bits per heavy atom. The largest absolute Gasteiger partial charge is 0.459 e. The number of aromatic nitrogens is 1. The smallest absolute Gasteiger partial charge is 0.290 e. The molecule has 0 spiro atoms. The van der Waals surface area contributed by atoms with Gasteiger partial charge in [0.05, 0.1) is 6.26 Å². The molecule has 1 fully saturated rings. The molecule has 6 heteroatoms. The van der Waals surface area contributed by atoms with Crippen LogP contribution in [0.2, 0.25) is 0 Å². The number of furan rings is 1. The van der Waals surface area contributed by atoms with Gasteiger partial charge in [-0.2, -0.15) is 0 Å². The highest BCUT2D eigenvalue weighted by atomic mass is 16.3. The van der Waals surface area contributed by atoms with Crippen molar-refractivity contribution in [3.63, 3.8) is 0 Å². The molecular weight excluding hydrogens is 402 g/mol. The zero-order valence-electron chi connectivity index (χ0n) is 17.7. The lowest BCUT2D eigenvalue weighted by Gasteiger charge is -2.25. The van der Waals surface area contributed by atoms with Gasteiger partial charge in [0.25, 0.3) is 5.91 Å².